The normalized spacial score (nSPS) is 17.6. The van der Waals surface area contributed by atoms with Crippen molar-refractivity contribution in [1.82, 2.24) is 9.29 Å². The quantitative estimate of drug-likeness (QED) is 0.711. The first-order valence-corrected chi connectivity index (χ1v) is 10.3. The average molecular weight is 364 g/mol. The number of hydrogen-bond donors (Lipinski definition) is 0. The Morgan fingerprint density at radius 3 is 2.50 bits per heavy atom. The molecule has 2 heterocycles. The molecule has 0 N–H and O–H groups in total. The Morgan fingerprint density at radius 1 is 0.962 bits per heavy atom. The number of fused-ring (bicyclic) bond motifs is 1. The molecule has 1 aliphatic rings. The number of benzene rings is 2. The van der Waals surface area contributed by atoms with Gasteiger partial charge in [-0.25, -0.2) is 8.42 Å². The average Bonchev–Trinajstić information content (AvgIpc) is 2.68. The van der Waals surface area contributed by atoms with Crippen molar-refractivity contribution in [3.8, 4) is 0 Å². The van der Waals surface area contributed by atoms with Crippen molar-refractivity contribution >= 4 is 10.0 Å². The summed E-state index contributed by atoms with van der Waals surface area (Å²) >= 11 is 0. The summed E-state index contributed by atoms with van der Waals surface area (Å²) in [5.74, 6) is 0.00672. The highest BCUT2D eigenvalue weighted by atomic mass is 32.2. The predicted molar refractivity (Wildman–Crippen MR) is 102 cm³/mol. The Labute approximate surface area is 154 Å². The zero-order chi connectivity index (χ0) is 18.0. The van der Waals surface area contributed by atoms with Crippen LogP contribution in [0.1, 0.15) is 28.3 Å². The summed E-state index contributed by atoms with van der Waals surface area (Å²) in [6.45, 7) is 0.478. The lowest BCUT2D eigenvalue weighted by Crippen LogP contribution is -2.41. The van der Waals surface area contributed by atoms with E-state index in [1.807, 2.05) is 60.7 Å². The van der Waals surface area contributed by atoms with Gasteiger partial charge in [0.2, 0.25) is 10.0 Å². The summed E-state index contributed by atoms with van der Waals surface area (Å²) in [5.41, 5.74) is 3.95. The Bertz CT molecular complexity index is 989. The van der Waals surface area contributed by atoms with Crippen molar-refractivity contribution in [3.63, 3.8) is 0 Å². The van der Waals surface area contributed by atoms with E-state index in [9.17, 15) is 8.42 Å². The smallest absolute Gasteiger partial charge is 0.219 e. The Balaban J connectivity index is 1.77. The van der Waals surface area contributed by atoms with Crippen LogP contribution in [-0.4, -0.2) is 24.3 Å². The summed E-state index contributed by atoms with van der Waals surface area (Å²) < 4.78 is 28.1. The zero-order valence-corrected chi connectivity index (χ0v) is 15.1. The minimum atomic E-state index is -3.47. The van der Waals surface area contributed by atoms with Crippen molar-refractivity contribution in [2.24, 2.45) is 0 Å². The number of hydrogen-bond acceptors (Lipinski definition) is 3. The number of aromatic nitrogens is 1. The molecule has 1 aromatic heterocycles. The van der Waals surface area contributed by atoms with Gasteiger partial charge in [0.1, 0.15) is 0 Å². The standard InChI is InChI=1S/C21H20N2O2S/c24-26(25,16-17-7-2-1-3-8-17)23-14-12-18-9-4-5-11-20(18)21(23)19-10-6-13-22-15-19/h1-11,13,15,21H,12,14,16H2. The minimum Gasteiger partial charge on any atom is -0.264 e. The van der Waals surface area contributed by atoms with Gasteiger partial charge in [-0.1, -0.05) is 60.7 Å². The second-order valence-electron chi connectivity index (χ2n) is 6.49. The van der Waals surface area contributed by atoms with Gasteiger partial charge in [-0.3, -0.25) is 4.98 Å². The van der Waals surface area contributed by atoms with E-state index in [1.54, 1.807) is 16.7 Å². The first-order chi connectivity index (χ1) is 12.6. The second kappa shape index (κ2) is 7.02. The first-order valence-electron chi connectivity index (χ1n) is 8.66. The fourth-order valence-electron chi connectivity index (χ4n) is 3.59. The second-order valence-corrected chi connectivity index (χ2v) is 8.41. The fraction of sp³-hybridized carbons (Fsp3) is 0.190. The van der Waals surface area contributed by atoms with Gasteiger partial charge in [0.25, 0.3) is 0 Å². The topological polar surface area (TPSA) is 50.3 Å². The molecule has 2 aromatic carbocycles. The molecule has 26 heavy (non-hydrogen) atoms. The van der Waals surface area contributed by atoms with Crippen molar-refractivity contribution in [2.45, 2.75) is 18.2 Å². The summed E-state index contributed by atoms with van der Waals surface area (Å²) in [6.07, 6.45) is 4.19. The van der Waals surface area contributed by atoms with Gasteiger partial charge >= 0.3 is 0 Å². The van der Waals surface area contributed by atoms with Gasteiger partial charge in [0.05, 0.1) is 11.8 Å². The summed E-state index contributed by atoms with van der Waals surface area (Å²) in [6, 6.07) is 20.9. The van der Waals surface area contributed by atoms with Gasteiger partial charge in [0, 0.05) is 18.9 Å². The molecule has 0 spiro atoms. The third-order valence-corrected chi connectivity index (χ3v) is 6.59. The molecule has 4 nitrogen and oxygen atoms in total. The number of rotatable bonds is 4. The molecule has 0 bridgehead atoms. The molecule has 1 unspecified atom stereocenters. The molecule has 4 rings (SSSR count). The zero-order valence-electron chi connectivity index (χ0n) is 14.3. The van der Waals surface area contributed by atoms with E-state index in [2.05, 4.69) is 11.1 Å². The van der Waals surface area contributed by atoms with E-state index in [4.69, 9.17) is 0 Å². The van der Waals surface area contributed by atoms with Crippen LogP contribution in [0.5, 0.6) is 0 Å². The SMILES string of the molecule is O=S(=O)(Cc1ccccc1)N1CCc2ccccc2C1c1cccnc1. The van der Waals surface area contributed by atoms with Crippen LogP contribution in [0.3, 0.4) is 0 Å². The molecule has 0 amide bonds. The van der Waals surface area contributed by atoms with Crippen LogP contribution >= 0.6 is 0 Å². The summed E-state index contributed by atoms with van der Waals surface area (Å²) in [4.78, 5) is 4.21. The van der Waals surface area contributed by atoms with E-state index < -0.39 is 10.0 Å². The lowest BCUT2D eigenvalue weighted by Gasteiger charge is -2.36. The molecule has 5 heteroatoms. The lowest BCUT2D eigenvalue weighted by molar-refractivity contribution is 0.343. The Hall–Kier alpha value is -2.50. The van der Waals surface area contributed by atoms with Crippen LogP contribution in [0.2, 0.25) is 0 Å². The highest BCUT2D eigenvalue weighted by Crippen LogP contribution is 2.37. The van der Waals surface area contributed by atoms with Crippen LogP contribution < -0.4 is 0 Å². The minimum absolute atomic E-state index is 0.00672. The van der Waals surface area contributed by atoms with Gasteiger partial charge < -0.3 is 0 Å². The van der Waals surface area contributed by atoms with Crippen molar-refractivity contribution in [2.75, 3.05) is 6.54 Å². The molecule has 1 aliphatic heterocycles. The monoisotopic (exact) mass is 364 g/mol. The van der Waals surface area contributed by atoms with Gasteiger partial charge in [0.15, 0.2) is 0 Å². The van der Waals surface area contributed by atoms with Gasteiger partial charge in [-0.15, -0.1) is 0 Å². The molecule has 0 saturated carbocycles. The van der Waals surface area contributed by atoms with Crippen LogP contribution in [0.15, 0.2) is 79.1 Å². The Kier molecular flexibility index (Phi) is 4.57. The van der Waals surface area contributed by atoms with E-state index in [-0.39, 0.29) is 11.8 Å². The highest BCUT2D eigenvalue weighted by molar-refractivity contribution is 7.88. The lowest BCUT2D eigenvalue weighted by atomic mass is 9.91. The van der Waals surface area contributed by atoms with E-state index >= 15 is 0 Å². The van der Waals surface area contributed by atoms with Gasteiger partial charge in [-0.2, -0.15) is 4.31 Å². The summed E-state index contributed by atoms with van der Waals surface area (Å²) in [7, 11) is -3.47. The maximum absolute atomic E-state index is 13.3. The molecular formula is C21H20N2O2S. The van der Waals surface area contributed by atoms with Crippen LogP contribution in [0, 0.1) is 0 Å². The van der Waals surface area contributed by atoms with Crippen LogP contribution in [-0.2, 0) is 22.2 Å². The predicted octanol–water partition coefficient (Wildman–Crippen LogP) is 3.56. The van der Waals surface area contributed by atoms with Gasteiger partial charge in [-0.05, 0) is 34.7 Å². The largest absolute Gasteiger partial charge is 0.264 e. The van der Waals surface area contributed by atoms with Crippen LogP contribution in [0.25, 0.3) is 0 Å². The number of nitrogens with zero attached hydrogens (tertiary/aromatic N) is 2. The maximum atomic E-state index is 13.3. The molecule has 0 aliphatic carbocycles. The number of pyridine rings is 1. The molecule has 1 atom stereocenters. The third kappa shape index (κ3) is 3.28. The maximum Gasteiger partial charge on any atom is 0.219 e. The first kappa shape index (κ1) is 16.9. The van der Waals surface area contributed by atoms with E-state index in [1.165, 1.54) is 5.56 Å². The molecular weight excluding hydrogens is 344 g/mol. The molecule has 0 fully saturated rings. The van der Waals surface area contributed by atoms with Crippen molar-refractivity contribution in [3.05, 3.63) is 101 Å². The van der Waals surface area contributed by atoms with Crippen molar-refractivity contribution < 1.29 is 8.42 Å². The highest BCUT2D eigenvalue weighted by Gasteiger charge is 2.36. The number of sulfonamides is 1. The third-order valence-electron chi connectivity index (χ3n) is 4.79. The Morgan fingerprint density at radius 2 is 1.73 bits per heavy atom. The van der Waals surface area contributed by atoms with Crippen molar-refractivity contribution in [1.29, 1.82) is 0 Å². The molecule has 3 aromatic rings. The van der Waals surface area contributed by atoms with E-state index in [0.717, 1.165) is 23.1 Å². The molecule has 0 radical (unpaired) electrons. The van der Waals surface area contributed by atoms with Crippen LogP contribution in [0.4, 0.5) is 0 Å². The molecule has 0 saturated heterocycles. The molecule has 132 valence electrons. The van der Waals surface area contributed by atoms with E-state index in [0.29, 0.717) is 6.54 Å². The summed E-state index contributed by atoms with van der Waals surface area (Å²) in [5, 5.41) is 0. The fourth-order valence-corrected chi connectivity index (χ4v) is 5.30.